The van der Waals surface area contributed by atoms with Crippen LogP contribution in [0.5, 0.6) is 5.75 Å². The number of benzene rings is 3. The summed E-state index contributed by atoms with van der Waals surface area (Å²) in [6.45, 7) is 8.35. The lowest BCUT2D eigenvalue weighted by Crippen LogP contribution is -2.20. The number of aryl methyl sites for hydroxylation is 2. The third-order valence-electron chi connectivity index (χ3n) is 5.57. The van der Waals surface area contributed by atoms with Gasteiger partial charge in [0.15, 0.2) is 12.2 Å². The standard InChI is InChI=1S/C27H28N2O3/c1-5-19(4)21-8-11-25-24(15-21)29-27(32-25)20-6-9-22(10-7-20)28-26(30)16-31-23-13-17(2)12-18(3)14-23/h6-15,19H,5,16H2,1-4H3,(H,28,30). The SMILES string of the molecule is CCC(C)c1ccc2oc(-c3ccc(NC(=O)COc4cc(C)cc(C)c4)cc3)nc2c1. The molecule has 0 radical (unpaired) electrons. The first kappa shape index (κ1) is 21.6. The maximum Gasteiger partial charge on any atom is 0.262 e. The van der Waals surface area contributed by atoms with E-state index < -0.39 is 0 Å². The topological polar surface area (TPSA) is 64.4 Å². The number of nitrogens with one attached hydrogen (secondary N) is 1. The summed E-state index contributed by atoms with van der Waals surface area (Å²) >= 11 is 0. The number of fused-ring (bicyclic) bond motifs is 1. The van der Waals surface area contributed by atoms with Crippen LogP contribution >= 0.6 is 0 Å². The van der Waals surface area contributed by atoms with Gasteiger partial charge < -0.3 is 14.5 Å². The van der Waals surface area contributed by atoms with Crippen molar-refractivity contribution in [2.75, 3.05) is 11.9 Å². The van der Waals surface area contributed by atoms with Crippen molar-refractivity contribution >= 4 is 22.7 Å². The van der Waals surface area contributed by atoms with E-state index in [0.717, 1.165) is 34.2 Å². The van der Waals surface area contributed by atoms with Gasteiger partial charge >= 0.3 is 0 Å². The Morgan fingerprint density at radius 3 is 2.44 bits per heavy atom. The second-order valence-electron chi connectivity index (χ2n) is 8.29. The molecule has 0 aliphatic heterocycles. The third kappa shape index (κ3) is 4.99. The van der Waals surface area contributed by atoms with Crippen molar-refractivity contribution in [3.8, 4) is 17.2 Å². The van der Waals surface area contributed by atoms with E-state index in [1.54, 1.807) is 0 Å². The first-order chi connectivity index (χ1) is 15.4. The molecule has 0 saturated heterocycles. The Morgan fingerprint density at radius 2 is 1.75 bits per heavy atom. The van der Waals surface area contributed by atoms with Gasteiger partial charge in [0.05, 0.1) is 0 Å². The van der Waals surface area contributed by atoms with Crippen molar-refractivity contribution in [3.05, 3.63) is 77.4 Å². The molecule has 0 saturated carbocycles. The average Bonchev–Trinajstić information content (AvgIpc) is 3.20. The van der Waals surface area contributed by atoms with Crippen LogP contribution in [-0.4, -0.2) is 17.5 Å². The lowest BCUT2D eigenvalue weighted by atomic mass is 9.98. The van der Waals surface area contributed by atoms with E-state index in [2.05, 4.69) is 42.3 Å². The molecule has 1 amide bonds. The Labute approximate surface area is 188 Å². The zero-order valence-corrected chi connectivity index (χ0v) is 18.9. The summed E-state index contributed by atoms with van der Waals surface area (Å²) in [5, 5.41) is 2.86. The van der Waals surface area contributed by atoms with Gasteiger partial charge in [-0.25, -0.2) is 4.98 Å². The highest BCUT2D eigenvalue weighted by molar-refractivity contribution is 5.92. The second kappa shape index (κ2) is 9.27. The molecule has 0 bridgehead atoms. The molecule has 1 N–H and O–H groups in total. The Morgan fingerprint density at radius 1 is 1.03 bits per heavy atom. The van der Waals surface area contributed by atoms with Crippen molar-refractivity contribution in [1.29, 1.82) is 0 Å². The van der Waals surface area contributed by atoms with E-state index in [0.29, 0.717) is 23.2 Å². The molecule has 4 rings (SSSR count). The molecule has 1 atom stereocenters. The summed E-state index contributed by atoms with van der Waals surface area (Å²) in [6, 6.07) is 19.5. The molecule has 1 aromatic heterocycles. The highest BCUT2D eigenvalue weighted by Gasteiger charge is 2.11. The first-order valence-electron chi connectivity index (χ1n) is 10.9. The first-order valence-corrected chi connectivity index (χ1v) is 10.9. The lowest BCUT2D eigenvalue weighted by Gasteiger charge is -2.09. The zero-order chi connectivity index (χ0) is 22.7. The number of nitrogens with zero attached hydrogens (tertiary/aromatic N) is 1. The van der Waals surface area contributed by atoms with Crippen molar-refractivity contribution in [3.63, 3.8) is 0 Å². The summed E-state index contributed by atoms with van der Waals surface area (Å²) in [6.07, 6.45) is 1.08. The Hall–Kier alpha value is -3.60. The minimum Gasteiger partial charge on any atom is -0.484 e. The van der Waals surface area contributed by atoms with Gasteiger partial charge in [-0.2, -0.15) is 0 Å². The molecule has 3 aromatic carbocycles. The fourth-order valence-corrected chi connectivity index (χ4v) is 3.67. The number of carbonyl (C=O) groups excluding carboxylic acids is 1. The van der Waals surface area contributed by atoms with Crippen molar-refractivity contribution in [2.24, 2.45) is 0 Å². The molecule has 5 nitrogen and oxygen atoms in total. The molecule has 1 unspecified atom stereocenters. The molecule has 0 fully saturated rings. The minimum absolute atomic E-state index is 0.0473. The number of hydrogen-bond donors (Lipinski definition) is 1. The van der Waals surface area contributed by atoms with Gasteiger partial charge in [0, 0.05) is 11.3 Å². The molecular formula is C27H28N2O3. The van der Waals surface area contributed by atoms with Crippen LogP contribution in [0.2, 0.25) is 0 Å². The summed E-state index contributed by atoms with van der Waals surface area (Å²) < 4.78 is 11.6. The van der Waals surface area contributed by atoms with E-state index in [1.165, 1.54) is 5.56 Å². The van der Waals surface area contributed by atoms with Crippen LogP contribution in [0.4, 0.5) is 5.69 Å². The van der Waals surface area contributed by atoms with Gasteiger partial charge in [-0.3, -0.25) is 4.79 Å². The normalized spacial score (nSPS) is 12.0. The van der Waals surface area contributed by atoms with E-state index in [-0.39, 0.29) is 12.5 Å². The van der Waals surface area contributed by atoms with Crippen LogP contribution in [0, 0.1) is 13.8 Å². The van der Waals surface area contributed by atoms with Crippen LogP contribution in [0.15, 0.2) is 65.1 Å². The number of hydrogen-bond acceptors (Lipinski definition) is 4. The van der Waals surface area contributed by atoms with E-state index >= 15 is 0 Å². The van der Waals surface area contributed by atoms with Crippen LogP contribution in [-0.2, 0) is 4.79 Å². The molecular weight excluding hydrogens is 400 g/mol. The summed E-state index contributed by atoms with van der Waals surface area (Å²) in [4.78, 5) is 16.9. The molecule has 164 valence electrons. The predicted octanol–water partition coefficient (Wildman–Crippen LogP) is 6.64. The molecule has 4 aromatic rings. The number of aromatic nitrogens is 1. The van der Waals surface area contributed by atoms with Crippen LogP contribution in [0.25, 0.3) is 22.6 Å². The smallest absolute Gasteiger partial charge is 0.262 e. The highest BCUT2D eigenvalue weighted by atomic mass is 16.5. The van der Waals surface area contributed by atoms with Gasteiger partial charge in [0.25, 0.3) is 5.91 Å². The summed E-state index contributed by atoms with van der Waals surface area (Å²) in [5.74, 6) is 1.54. The highest BCUT2D eigenvalue weighted by Crippen LogP contribution is 2.28. The summed E-state index contributed by atoms with van der Waals surface area (Å²) in [7, 11) is 0. The van der Waals surface area contributed by atoms with Crippen LogP contribution < -0.4 is 10.1 Å². The molecule has 0 spiro atoms. The molecule has 0 aliphatic rings. The van der Waals surface area contributed by atoms with Gasteiger partial charge in [0.2, 0.25) is 5.89 Å². The Kier molecular flexibility index (Phi) is 6.26. The Balaban J connectivity index is 1.40. The maximum atomic E-state index is 12.3. The predicted molar refractivity (Wildman–Crippen MR) is 128 cm³/mol. The minimum atomic E-state index is -0.212. The monoisotopic (exact) mass is 428 g/mol. The van der Waals surface area contributed by atoms with Crippen molar-refractivity contribution in [2.45, 2.75) is 40.0 Å². The van der Waals surface area contributed by atoms with Gasteiger partial charge in [-0.1, -0.05) is 26.0 Å². The van der Waals surface area contributed by atoms with E-state index in [9.17, 15) is 4.79 Å². The summed E-state index contributed by atoms with van der Waals surface area (Å²) in [5.41, 5.74) is 6.65. The van der Waals surface area contributed by atoms with Crippen molar-refractivity contribution < 1.29 is 13.9 Å². The third-order valence-corrected chi connectivity index (χ3v) is 5.57. The number of carbonyl (C=O) groups is 1. The average molecular weight is 429 g/mol. The van der Waals surface area contributed by atoms with Gasteiger partial charge in [0.1, 0.15) is 11.3 Å². The van der Waals surface area contributed by atoms with Gasteiger partial charge in [-0.15, -0.1) is 0 Å². The molecule has 32 heavy (non-hydrogen) atoms. The second-order valence-corrected chi connectivity index (χ2v) is 8.29. The lowest BCUT2D eigenvalue weighted by molar-refractivity contribution is -0.118. The quantitative estimate of drug-likeness (QED) is 0.358. The van der Waals surface area contributed by atoms with E-state index in [1.807, 2.05) is 56.3 Å². The van der Waals surface area contributed by atoms with Crippen LogP contribution in [0.1, 0.15) is 42.9 Å². The van der Waals surface area contributed by atoms with Crippen LogP contribution in [0.3, 0.4) is 0 Å². The van der Waals surface area contributed by atoms with Gasteiger partial charge in [-0.05, 0) is 91.4 Å². The van der Waals surface area contributed by atoms with Crippen molar-refractivity contribution in [1.82, 2.24) is 4.98 Å². The fraction of sp³-hybridized carbons (Fsp3) is 0.259. The number of anilines is 1. The number of rotatable bonds is 7. The maximum absolute atomic E-state index is 12.3. The molecule has 0 aliphatic carbocycles. The van der Waals surface area contributed by atoms with E-state index in [4.69, 9.17) is 9.15 Å². The number of oxazole rings is 1. The largest absolute Gasteiger partial charge is 0.484 e. The number of amides is 1. The fourth-order valence-electron chi connectivity index (χ4n) is 3.67. The zero-order valence-electron chi connectivity index (χ0n) is 18.9. The molecule has 5 heteroatoms. The molecule has 1 heterocycles. The number of ether oxygens (including phenoxy) is 1. The Bertz CT molecular complexity index is 1220.